The van der Waals surface area contributed by atoms with Gasteiger partial charge in [-0.15, -0.1) is 0 Å². The van der Waals surface area contributed by atoms with Gasteiger partial charge >= 0.3 is 6.18 Å². The summed E-state index contributed by atoms with van der Waals surface area (Å²) in [7, 11) is -2.65. The Labute approximate surface area is 205 Å². The van der Waals surface area contributed by atoms with Crippen LogP contribution in [-0.4, -0.2) is 57.8 Å². The van der Waals surface area contributed by atoms with Crippen molar-refractivity contribution in [2.24, 2.45) is 0 Å². The summed E-state index contributed by atoms with van der Waals surface area (Å²) in [6, 6.07) is 10.00. The van der Waals surface area contributed by atoms with Crippen molar-refractivity contribution in [2.45, 2.75) is 55.7 Å². The van der Waals surface area contributed by atoms with Crippen molar-refractivity contribution in [1.29, 1.82) is 0 Å². The number of β-amino-alcohol motifs (C(OH)–C–C–N with tert-alkyl or cyclic N) is 1. The van der Waals surface area contributed by atoms with E-state index in [0.29, 0.717) is 18.0 Å². The number of likely N-dealkylation sites (tertiary alicyclic amines) is 1. The first-order valence-corrected chi connectivity index (χ1v) is 13.3. The molecule has 0 amide bonds. The largest absolute Gasteiger partial charge is 0.494 e. The van der Waals surface area contributed by atoms with Gasteiger partial charge in [-0.1, -0.05) is 12.8 Å². The van der Waals surface area contributed by atoms with E-state index in [0.717, 1.165) is 86.7 Å². The Morgan fingerprint density at radius 1 is 1.03 bits per heavy atom. The minimum absolute atomic E-state index is 0.187. The van der Waals surface area contributed by atoms with Crippen molar-refractivity contribution in [3.8, 4) is 5.75 Å². The Kier molecular flexibility index (Phi) is 9.43. The Balaban J connectivity index is 1.41. The molecular formula is C25H33F3N2O4S. The lowest BCUT2D eigenvalue weighted by Gasteiger charge is -2.29. The van der Waals surface area contributed by atoms with E-state index in [1.54, 1.807) is 24.3 Å². The summed E-state index contributed by atoms with van der Waals surface area (Å²) in [6.07, 6.45) is 1.40. The summed E-state index contributed by atoms with van der Waals surface area (Å²) in [4.78, 5) is 2.10. The van der Waals surface area contributed by atoms with Crippen LogP contribution in [-0.2, 0) is 16.2 Å². The minimum atomic E-state index is -4.53. The van der Waals surface area contributed by atoms with Gasteiger partial charge in [-0.2, -0.15) is 13.2 Å². The lowest BCUT2D eigenvalue weighted by Crippen LogP contribution is -2.38. The number of aliphatic hydroxyl groups is 1. The molecule has 1 fully saturated rings. The molecule has 6 nitrogen and oxygen atoms in total. The van der Waals surface area contributed by atoms with Crippen LogP contribution in [0.4, 0.5) is 18.9 Å². The van der Waals surface area contributed by atoms with Crippen LogP contribution >= 0.6 is 0 Å². The molecule has 1 aliphatic rings. The van der Waals surface area contributed by atoms with Crippen molar-refractivity contribution >= 4 is 15.7 Å². The monoisotopic (exact) mass is 514 g/mol. The third kappa shape index (κ3) is 7.85. The van der Waals surface area contributed by atoms with Crippen LogP contribution in [0.5, 0.6) is 5.75 Å². The molecule has 1 unspecified atom stereocenters. The van der Waals surface area contributed by atoms with Gasteiger partial charge < -0.3 is 14.7 Å². The number of rotatable bonds is 11. The molecule has 0 aromatic heterocycles. The predicted molar refractivity (Wildman–Crippen MR) is 129 cm³/mol. The number of hydrogen-bond donors (Lipinski definition) is 1. The van der Waals surface area contributed by atoms with E-state index in [4.69, 9.17) is 4.74 Å². The zero-order valence-corrected chi connectivity index (χ0v) is 20.7. The molecule has 1 N–H and O–H groups in total. The molecule has 2 aromatic carbocycles. The third-order valence-electron chi connectivity index (χ3n) is 6.16. The summed E-state index contributed by atoms with van der Waals surface area (Å²) in [6.45, 7) is 3.42. The Morgan fingerprint density at radius 2 is 1.69 bits per heavy atom. The van der Waals surface area contributed by atoms with E-state index in [1.807, 2.05) is 0 Å². The zero-order valence-electron chi connectivity index (χ0n) is 19.9. The molecular weight excluding hydrogens is 481 g/mol. The molecule has 1 atom stereocenters. The Bertz CT molecular complexity index is 1030. The van der Waals surface area contributed by atoms with Crippen LogP contribution in [0.15, 0.2) is 53.4 Å². The molecule has 10 heteroatoms. The number of benzene rings is 2. The maximum atomic E-state index is 12.8. The molecule has 1 heterocycles. The fourth-order valence-corrected chi connectivity index (χ4v) is 5.28. The van der Waals surface area contributed by atoms with E-state index >= 15 is 0 Å². The molecule has 35 heavy (non-hydrogen) atoms. The van der Waals surface area contributed by atoms with E-state index in [9.17, 15) is 26.7 Å². The molecule has 1 aliphatic heterocycles. The molecule has 0 saturated carbocycles. The molecule has 0 aliphatic carbocycles. The average Bonchev–Trinajstić information content (AvgIpc) is 2.83. The van der Waals surface area contributed by atoms with Gasteiger partial charge in [0.1, 0.15) is 5.75 Å². The topological polar surface area (TPSA) is 70.1 Å². The first-order chi connectivity index (χ1) is 16.6. The molecule has 0 spiro atoms. The number of halogens is 3. The fraction of sp³-hybridized carbons (Fsp3) is 0.520. The molecule has 0 radical (unpaired) electrons. The van der Waals surface area contributed by atoms with Crippen LogP contribution in [0.2, 0.25) is 0 Å². The quantitative estimate of drug-likeness (QED) is 0.431. The summed E-state index contributed by atoms with van der Waals surface area (Å²) < 4.78 is 70.6. The second-order valence-corrected chi connectivity index (χ2v) is 10.8. The molecule has 2 aromatic rings. The summed E-state index contributed by atoms with van der Waals surface area (Å²) >= 11 is 0. The van der Waals surface area contributed by atoms with Crippen molar-refractivity contribution in [3.63, 3.8) is 0 Å². The summed E-state index contributed by atoms with van der Waals surface area (Å²) in [5.41, 5.74) is -0.525. The summed E-state index contributed by atoms with van der Waals surface area (Å²) in [5, 5.41) is 9.71. The highest BCUT2D eigenvalue weighted by molar-refractivity contribution is 7.92. The standard InChI is InChI=1S/C25H33F3N2O4S/c1-29(35(32,33)24-14-8-20(9-15-24)25(26,27)28)21-10-12-23(13-11-21)34-18-5-3-2-4-16-30-17-6-7-22(31)19-30/h8-15,22,31H,2-7,16-19H2,1H3. The fourth-order valence-electron chi connectivity index (χ4n) is 4.08. The normalized spacial score (nSPS) is 17.3. The smallest absolute Gasteiger partial charge is 0.416 e. The van der Waals surface area contributed by atoms with Crippen LogP contribution in [0, 0.1) is 0 Å². The van der Waals surface area contributed by atoms with Gasteiger partial charge in [-0.3, -0.25) is 4.31 Å². The van der Waals surface area contributed by atoms with Gasteiger partial charge in [0, 0.05) is 13.6 Å². The number of alkyl halides is 3. The van der Waals surface area contributed by atoms with Gasteiger partial charge in [-0.25, -0.2) is 8.42 Å². The highest BCUT2D eigenvalue weighted by Crippen LogP contribution is 2.31. The SMILES string of the molecule is CN(c1ccc(OCCCCCCN2CCCC(O)C2)cc1)S(=O)(=O)c1ccc(C(F)(F)F)cc1. The number of anilines is 1. The van der Waals surface area contributed by atoms with Crippen molar-refractivity contribution in [1.82, 2.24) is 4.90 Å². The molecule has 0 bridgehead atoms. The summed E-state index contributed by atoms with van der Waals surface area (Å²) in [5.74, 6) is 0.622. The maximum absolute atomic E-state index is 12.8. The number of sulfonamides is 1. The number of piperidine rings is 1. The maximum Gasteiger partial charge on any atom is 0.416 e. The number of aliphatic hydroxyl groups excluding tert-OH is 1. The number of nitrogens with zero attached hydrogens (tertiary/aromatic N) is 2. The van der Waals surface area contributed by atoms with E-state index < -0.39 is 21.8 Å². The highest BCUT2D eigenvalue weighted by Gasteiger charge is 2.31. The number of unbranched alkanes of at least 4 members (excludes halogenated alkanes) is 3. The predicted octanol–water partition coefficient (Wildman–Crippen LogP) is 4.93. The van der Waals surface area contributed by atoms with Gasteiger partial charge in [0.25, 0.3) is 10.0 Å². The minimum Gasteiger partial charge on any atom is -0.494 e. The first kappa shape index (κ1) is 27.3. The lowest BCUT2D eigenvalue weighted by molar-refractivity contribution is -0.137. The van der Waals surface area contributed by atoms with E-state index in [2.05, 4.69) is 4.90 Å². The number of ether oxygens (including phenoxy) is 1. The number of hydrogen-bond acceptors (Lipinski definition) is 5. The third-order valence-corrected chi connectivity index (χ3v) is 7.96. The molecule has 194 valence electrons. The Morgan fingerprint density at radius 3 is 2.31 bits per heavy atom. The second kappa shape index (κ2) is 12.1. The molecule has 1 saturated heterocycles. The highest BCUT2D eigenvalue weighted by atomic mass is 32.2. The van der Waals surface area contributed by atoms with Crippen LogP contribution in [0.3, 0.4) is 0 Å². The van der Waals surface area contributed by atoms with Crippen molar-refractivity contribution in [3.05, 3.63) is 54.1 Å². The van der Waals surface area contributed by atoms with Gasteiger partial charge in [0.05, 0.1) is 28.9 Å². The first-order valence-electron chi connectivity index (χ1n) is 11.9. The Hall–Kier alpha value is -2.30. The van der Waals surface area contributed by atoms with Crippen LogP contribution in [0.25, 0.3) is 0 Å². The van der Waals surface area contributed by atoms with Gasteiger partial charge in [-0.05, 0) is 87.3 Å². The van der Waals surface area contributed by atoms with Crippen LogP contribution < -0.4 is 9.04 Å². The van der Waals surface area contributed by atoms with E-state index in [1.165, 1.54) is 7.05 Å². The van der Waals surface area contributed by atoms with E-state index in [-0.39, 0.29) is 11.0 Å². The van der Waals surface area contributed by atoms with Crippen LogP contribution in [0.1, 0.15) is 44.1 Å². The zero-order chi connectivity index (χ0) is 25.5. The lowest BCUT2D eigenvalue weighted by atomic mass is 10.1. The average molecular weight is 515 g/mol. The second-order valence-electron chi connectivity index (χ2n) is 8.85. The van der Waals surface area contributed by atoms with Crippen molar-refractivity contribution in [2.75, 3.05) is 37.6 Å². The van der Waals surface area contributed by atoms with Crippen molar-refractivity contribution < 1.29 is 31.4 Å². The molecule has 3 rings (SSSR count). The van der Waals surface area contributed by atoms with Gasteiger partial charge in [0.15, 0.2) is 0 Å². The van der Waals surface area contributed by atoms with Gasteiger partial charge in [0.2, 0.25) is 0 Å².